The fourth-order valence-corrected chi connectivity index (χ4v) is 2.20. The molecule has 1 atom stereocenters. The summed E-state index contributed by atoms with van der Waals surface area (Å²) in [7, 11) is 0. The van der Waals surface area contributed by atoms with Crippen LogP contribution >= 0.6 is 0 Å². The van der Waals surface area contributed by atoms with Crippen LogP contribution in [0, 0.1) is 0 Å². The predicted octanol–water partition coefficient (Wildman–Crippen LogP) is 1.85. The molecular formula is C14H19NO2. The van der Waals surface area contributed by atoms with E-state index in [0.717, 1.165) is 31.4 Å². The van der Waals surface area contributed by atoms with E-state index in [9.17, 15) is 9.90 Å². The molecule has 0 radical (unpaired) electrons. The molecule has 3 heteroatoms. The van der Waals surface area contributed by atoms with Gasteiger partial charge >= 0.3 is 0 Å². The molecule has 1 aliphatic heterocycles. The van der Waals surface area contributed by atoms with Crippen molar-refractivity contribution in [1.29, 1.82) is 0 Å². The van der Waals surface area contributed by atoms with E-state index in [0.29, 0.717) is 6.54 Å². The van der Waals surface area contributed by atoms with Crippen LogP contribution in [-0.4, -0.2) is 35.1 Å². The quantitative estimate of drug-likeness (QED) is 0.846. The molecule has 17 heavy (non-hydrogen) atoms. The second-order valence-corrected chi connectivity index (χ2v) is 4.60. The van der Waals surface area contributed by atoms with Crippen molar-refractivity contribution < 1.29 is 9.90 Å². The van der Waals surface area contributed by atoms with Crippen molar-refractivity contribution in [3.63, 3.8) is 0 Å². The Hall–Kier alpha value is -1.35. The maximum atomic E-state index is 12.2. The zero-order chi connectivity index (χ0) is 12.3. The smallest absolute Gasteiger partial charge is 0.253 e. The van der Waals surface area contributed by atoms with Crippen LogP contribution in [0.25, 0.3) is 0 Å². The number of benzene rings is 1. The molecule has 1 fully saturated rings. The average molecular weight is 233 g/mol. The van der Waals surface area contributed by atoms with Crippen LogP contribution in [0.2, 0.25) is 0 Å². The number of aryl methyl sites for hydroxylation is 1. The zero-order valence-electron chi connectivity index (χ0n) is 10.2. The SMILES string of the molecule is CCc1ccc(C(=O)N2CCC[C@@H](O)C2)cc1. The average Bonchev–Trinajstić information content (AvgIpc) is 2.38. The van der Waals surface area contributed by atoms with E-state index in [4.69, 9.17) is 0 Å². The highest BCUT2D eigenvalue weighted by atomic mass is 16.3. The summed E-state index contributed by atoms with van der Waals surface area (Å²) in [6, 6.07) is 7.74. The van der Waals surface area contributed by atoms with Gasteiger partial charge in [-0.15, -0.1) is 0 Å². The molecular weight excluding hydrogens is 214 g/mol. The van der Waals surface area contributed by atoms with Crippen LogP contribution in [0.4, 0.5) is 0 Å². The number of aliphatic hydroxyl groups is 1. The number of piperidine rings is 1. The van der Waals surface area contributed by atoms with E-state index in [1.165, 1.54) is 5.56 Å². The first-order valence-corrected chi connectivity index (χ1v) is 6.27. The maximum Gasteiger partial charge on any atom is 0.253 e. The van der Waals surface area contributed by atoms with Crippen LogP contribution in [0.3, 0.4) is 0 Å². The molecule has 2 rings (SSSR count). The fraction of sp³-hybridized carbons (Fsp3) is 0.500. The van der Waals surface area contributed by atoms with Gasteiger partial charge in [0.15, 0.2) is 0 Å². The zero-order valence-corrected chi connectivity index (χ0v) is 10.2. The van der Waals surface area contributed by atoms with Gasteiger partial charge in [-0.25, -0.2) is 0 Å². The maximum absolute atomic E-state index is 12.2. The molecule has 1 saturated heterocycles. The summed E-state index contributed by atoms with van der Waals surface area (Å²) in [5.74, 6) is 0.0337. The summed E-state index contributed by atoms with van der Waals surface area (Å²) in [6.45, 7) is 3.32. The molecule has 1 amide bonds. The number of β-amino-alcohol motifs (C(OH)–C–C–N with tert-alkyl or cyclic N) is 1. The van der Waals surface area contributed by atoms with E-state index in [1.807, 2.05) is 24.3 Å². The number of aliphatic hydroxyl groups excluding tert-OH is 1. The lowest BCUT2D eigenvalue weighted by Gasteiger charge is -2.30. The molecule has 0 bridgehead atoms. The monoisotopic (exact) mass is 233 g/mol. The number of rotatable bonds is 2. The highest BCUT2D eigenvalue weighted by molar-refractivity contribution is 5.94. The lowest BCUT2D eigenvalue weighted by atomic mass is 10.1. The normalized spacial score (nSPS) is 20.4. The van der Waals surface area contributed by atoms with Gasteiger partial charge in [-0.3, -0.25) is 4.79 Å². The van der Waals surface area contributed by atoms with Crippen LogP contribution in [0.15, 0.2) is 24.3 Å². The molecule has 0 saturated carbocycles. The van der Waals surface area contributed by atoms with Crippen LogP contribution in [-0.2, 0) is 6.42 Å². The second-order valence-electron chi connectivity index (χ2n) is 4.60. The molecule has 1 aliphatic rings. The Balaban J connectivity index is 2.07. The lowest BCUT2D eigenvalue weighted by molar-refractivity contribution is 0.0474. The summed E-state index contributed by atoms with van der Waals surface area (Å²) in [5.41, 5.74) is 1.96. The summed E-state index contributed by atoms with van der Waals surface area (Å²) in [4.78, 5) is 13.9. The standard InChI is InChI=1S/C14H19NO2/c1-2-11-5-7-12(8-6-11)14(17)15-9-3-4-13(16)10-15/h5-8,13,16H,2-4,9-10H2,1H3/t13-/m1/s1. The van der Waals surface area contributed by atoms with Gasteiger partial charge in [0.05, 0.1) is 6.10 Å². The van der Waals surface area contributed by atoms with Crippen molar-refractivity contribution >= 4 is 5.91 Å². The topological polar surface area (TPSA) is 40.5 Å². The fourth-order valence-electron chi connectivity index (χ4n) is 2.20. The molecule has 0 spiro atoms. The molecule has 0 aliphatic carbocycles. The van der Waals surface area contributed by atoms with Crippen LogP contribution in [0.5, 0.6) is 0 Å². The minimum absolute atomic E-state index is 0.0337. The summed E-state index contributed by atoms with van der Waals surface area (Å²) in [6.07, 6.45) is 2.32. The highest BCUT2D eigenvalue weighted by Gasteiger charge is 2.22. The molecule has 1 heterocycles. The number of carbonyl (C=O) groups is 1. The minimum Gasteiger partial charge on any atom is -0.391 e. The third-order valence-corrected chi connectivity index (χ3v) is 3.29. The predicted molar refractivity (Wildman–Crippen MR) is 67.0 cm³/mol. The first kappa shape index (κ1) is 12.1. The Morgan fingerprint density at radius 1 is 1.41 bits per heavy atom. The summed E-state index contributed by atoms with van der Waals surface area (Å²) < 4.78 is 0. The van der Waals surface area contributed by atoms with Gasteiger partial charge in [-0.2, -0.15) is 0 Å². The molecule has 3 nitrogen and oxygen atoms in total. The van der Waals surface area contributed by atoms with Crippen molar-refractivity contribution in [2.45, 2.75) is 32.3 Å². The van der Waals surface area contributed by atoms with E-state index >= 15 is 0 Å². The van der Waals surface area contributed by atoms with Crippen molar-refractivity contribution in [1.82, 2.24) is 4.90 Å². The number of hydrogen-bond acceptors (Lipinski definition) is 2. The van der Waals surface area contributed by atoms with Crippen molar-refractivity contribution in [3.05, 3.63) is 35.4 Å². The Morgan fingerprint density at radius 2 is 2.12 bits per heavy atom. The highest BCUT2D eigenvalue weighted by Crippen LogP contribution is 2.14. The van der Waals surface area contributed by atoms with Gasteiger partial charge in [-0.1, -0.05) is 19.1 Å². The number of carbonyl (C=O) groups excluding carboxylic acids is 1. The minimum atomic E-state index is -0.359. The number of likely N-dealkylation sites (tertiary alicyclic amines) is 1. The van der Waals surface area contributed by atoms with Gasteiger partial charge < -0.3 is 10.0 Å². The second kappa shape index (κ2) is 5.32. The molecule has 0 unspecified atom stereocenters. The molecule has 1 aromatic carbocycles. The molecule has 92 valence electrons. The van der Waals surface area contributed by atoms with Gasteiger partial charge in [0, 0.05) is 18.7 Å². The van der Waals surface area contributed by atoms with E-state index in [-0.39, 0.29) is 12.0 Å². The third kappa shape index (κ3) is 2.86. The Morgan fingerprint density at radius 3 is 2.71 bits per heavy atom. The van der Waals surface area contributed by atoms with Crippen LogP contribution < -0.4 is 0 Å². The van der Waals surface area contributed by atoms with E-state index < -0.39 is 0 Å². The number of amides is 1. The third-order valence-electron chi connectivity index (χ3n) is 3.29. The van der Waals surface area contributed by atoms with Gasteiger partial charge in [0.2, 0.25) is 0 Å². The van der Waals surface area contributed by atoms with Gasteiger partial charge in [0.25, 0.3) is 5.91 Å². The Kier molecular flexibility index (Phi) is 3.79. The summed E-state index contributed by atoms with van der Waals surface area (Å²) >= 11 is 0. The van der Waals surface area contributed by atoms with E-state index in [1.54, 1.807) is 4.90 Å². The Bertz CT molecular complexity index is 386. The number of hydrogen-bond donors (Lipinski definition) is 1. The molecule has 0 aromatic heterocycles. The van der Waals surface area contributed by atoms with Crippen LogP contribution in [0.1, 0.15) is 35.7 Å². The lowest BCUT2D eigenvalue weighted by Crippen LogP contribution is -2.42. The largest absolute Gasteiger partial charge is 0.391 e. The van der Waals surface area contributed by atoms with Crippen molar-refractivity contribution in [2.75, 3.05) is 13.1 Å². The van der Waals surface area contributed by atoms with Gasteiger partial charge in [0.1, 0.15) is 0 Å². The molecule has 1 aromatic rings. The van der Waals surface area contributed by atoms with Crippen molar-refractivity contribution in [2.24, 2.45) is 0 Å². The first-order valence-electron chi connectivity index (χ1n) is 6.27. The first-order chi connectivity index (χ1) is 8.20. The van der Waals surface area contributed by atoms with Crippen molar-refractivity contribution in [3.8, 4) is 0 Å². The molecule has 1 N–H and O–H groups in total. The van der Waals surface area contributed by atoms with Gasteiger partial charge in [-0.05, 0) is 37.0 Å². The van der Waals surface area contributed by atoms with E-state index in [2.05, 4.69) is 6.92 Å². The Labute approximate surface area is 102 Å². The number of nitrogens with zero attached hydrogens (tertiary/aromatic N) is 1. The summed E-state index contributed by atoms with van der Waals surface area (Å²) in [5, 5.41) is 9.56.